The predicted octanol–water partition coefficient (Wildman–Crippen LogP) is 1.71. The van der Waals surface area contributed by atoms with Gasteiger partial charge in [-0.15, -0.1) is 0 Å². The van der Waals surface area contributed by atoms with E-state index in [1.807, 2.05) is 36.4 Å². The third-order valence-electron chi connectivity index (χ3n) is 4.02. The van der Waals surface area contributed by atoms with Gasteiger partial charge in [0.1, 0.15) is 5.82 Å². The summed E-state index contributed by atoms with van der Waals surface area (Å²) in [4.78, 5) is 23.0. The van der Waals surface area contributed by atoms with Crippen molar-refractivity contribution in [3.05, 3.63) is 42.1 Å². The molecule has 0 saturated heterocycles. The predicted molar refractivity (Wildman–Crippen MR) is 90.8 cm³/mol. The van der Waals surface area contributed by atoms with Crippen LogP contribution in [0.25, 0.3) is 5.69 Å². The highest BCUT2D eigenvalue weighted by atomic mass is 16.4. The molecule has 1 unspecified atom stereocenters. The number of hydrogen-bond acceptors (Lipinski definition) is 4. The van der Waals surface area contributed by atoms with Crippen LogP contribution in [-0.2, 0) is 4.79 Å². The fraction of sp³-hybridized carbons (Fsp3) is 0.353. The number of aliphatic hydroxyl groups is 1. The fourth-order valence-corrected chi connectivity index (χ4v) is 2.32. The van der Waals surface area contributed by atoms with Crippen molar-refractivity contribution in [2.75, 3.05) is 11.9 Å². The van der Waals surface area contributed by atoms with Gasteiger partial charge in [0.15, 0.2) is 5.60 Å². The summed E-state index contributed by atoms with van der Waals surface area (Å²) in [5.41, 5.74) is -0.310. The summed E-state index contributed by atoms with van der Waals surface area (Å²) >= 11 is 0. The van der Waals surface area contributed by atoms with Crippen molar-refractivity contribution < 1.29 is 19.8 Å². The third kappa shape index (κ3) is 3.97. The SMILES string of the molecule is CC(O)(CNC(=O)Nc1cc(C2CC2)nn1-c1ccccc1)C(=O)O. The largest absolute Gasteiger partial charge is 0.479 e. The van der Waals surface area contributed by atoms with Gasteiger partial charge in [0.05, 0.1) is 17.9 Å². The van der Waals surface area contributed by atoms with Crippen molar-refractivity contribution >= 4 is 17.8 Å². The molecular formula is C17H20N4O4. The summed E-state index contributed by atoms with van der Waals surface area (Å²) in [6, 6.07) is 10.6. The van der Waals surface area contributed by atoms with Crippen molar-refractivity contribution in [3.63, 3.8) is 0 Å². The first-order valence-corrected chi connectivity index (χ1v) is 8.03. The zero-order chi connectivity index (χ0) is 18.0. The molecule has 1 heterocycles. The van der Waals surface area contributed by atoms with Crippen LogP contribution >= 0.6 is 0 Å². The number of carboxylic acid groups (broad SMARTS) is 1. The molecule has 1 saturated carbocycles. The van der Waals surface area contributed by atoms with Gasteiger partial charge in [-0.2, -0.15) is 5.10 Å². The molecule has 25 heavy (non-hydrogen) atoms. The number of urea groups is 1. The van der Waals surface area contributed by atoms with E-state index < -0.39 is 24.1 Å². The summed E-state index contributed by atoms with van der Waals surface area (Å²) < 4.78 is 1.64. The molecule has 0 radical (unpaired) electrons. The molecule has 1 aromatic heterocycles. The van der Waals surface area contributed by atoms with E-state index in [2.05, 4.69) is 15.7 Å². The zero-order valence-electron chi connectivity index (χ0n) is 13.8. The Hall–Kier alpha value is -2.87. The van der Waals surface area contributed by atoms with E-state index in [0.29, 0.717) is 11.7 Å². The van der Waals surface area contributed by atoms with E-state index in [4.69, 9.17) is 5.11 Å². The number of carboxylic acids is 1. The van der Waals surface area contributed by atoms with E-state index in [1.54, 1.807) is 4.68 Å². The average Bonchev–Trinajstić information content (AvgIpc) is 3.35. The molecule has 0 aliphatic heterocycles. The molecule has 2 amide bonds. The standard InChI is InChI=1S/C17H20N4O4/c1-17(25,15(22)23)10-18-16(24)19-14-9-13(11-7-8-11)20-21(14)12-5-3-2-4-6-12/h2-6,9,11,25H,7-8,10H2,1H3,(H,22,23)(H2,18,19,24). The molecule has 8 heteroatoms. The normalized spacial score (nSPS) is 16.1. The van der Waals surface area contributed by atoms with Gasteiger partial charge < -0.3 is 15.5 Å². The first kappa shape index (κ1) is 17.0. The van der Waals surface area contributed by atoms with Crippen LogP contribution in [0.2, 0.25) is 0 Å². The van der Waals surface area contributed by atoms with Crippen molar-refractivity contribution in [1.29, 1.82) is 0 Å². The Morgan fingerprint density at radius 2 is 2.00 bits per heavy atom. The molecule has 1 atom stereocenters. The Labute approximate surface area is 144 Å². The van der Waals surface area contributed by atoms with Gasteiger partial charge in [-0.3, -0.25) is 5.32 Å². The topological polar surface area (TPSA) is 116 Å². The number of nitrogens with one attached hydrogen (secondary N) is 2. The Kier molecular flexibility index (Phi) is 4.45. The van der Waals surface area contributed by atoms with Gasteiger partial charge in [-0.05, 0) is 31.9 Å². The molecule has 8 nitrogen and oxygen atoms in total. The van der Waals surface area contributed by atoms with Crippen LogP contribution < -0.4 is 10.6 Å². The van der Waals surface area contributed by atoms with Crippen LogP contribution in [0.3, 0.4) is 0 Å². The summed E-state index contributed by atoms with van der Waals surface area (Å²) in [5, 5.41) is 28.1. The number of carbonyl (C=O) groups excluding carboxylic acids is 1. The fourth-order valence-electron chi connectivity index (χ4n) is 2.32. The summed E-state index contributed by atoms with van der Waals surface area (Å²) in [7, 11) is 0. The Morgan fingerprint density at radius 3 is 2.60 bits per heavy atom. The number of anilines is 1. The number of aromatic nitrogens is 2. The zero-order valence-corrected chi connectivity index (χ0v) is 13.8. The first-order chi connectivity index (χ1) is 11.9. The molecule has 2 aromatic rings. The van der Waals surface area contributed by atoms with Crippen LogP contribution in [0.5, 0.6) is 0 Å². The number of hydrogen-bond donors (Lipinski definition) is 4. The molecule has 1 fully saturated rings. The second-order valence-corrected chi connectivity index (χ2v) is 6.36. The molecule has 0 spiro atoms. The number of nitrogens with zero attached hydrogens (tertiary/aromatic N) is 2. The third-order valence-corrected chi connectivity index (χ3v) is 4.02. The van der Waals surface area contributed by atoms with Crippen molar-refractivity contribution in [2.45, 2.75) is 31.3 Å². The lowest BCUT2D eigenvalue weighted by Gasteiger charge is -2.18. The highest BCUT2D eigenvalue weighted by molar-refractivity contribution is 5.89. The number of amides is 2. The molecule has 1 aliphatic rings. The minimum atomic E-state index is -2.03. The van der Waals surface area contributed by atoms with Crippen LogP contribution in [-0.4, -0.2) is 44.1 Å². The molecule has 1 aliphatic carbocycles. The maximum Gasteiger partial charge on any atom is 0.337 e. The highest BCUT2D eigenvalue weighted by Gasteiger charge is 2.31. The molecular weight excluding hydrogens is 324 g/mol. The number of aliphatic carboxylic acids is 1. The van der Waals surface area contributed by atoms with E-state index in [0.717, 1.165) is 31.1 Å². The minimum absolute atomic E-state index is 0.414. The van der Waals surface area contributed by atoms with Crippen LogP contribution in [0.4, 0.5) is 10.6 Å². The lowest BCUT2D eigenvalue weighted by molar-refractivity contribution is -0.155. The molecule has 0 bridgehead atoms. The number of benzene rings is 1. The maximum absolute atomic E-state index is 12.1. The van der Waals surface area contributed by atoms with Gasteiger partial charge in [-0.25, -0.2) is 14.3 Å². The average molecular weight is 344 g/mol. The van der Waals surface area contributed by atoms with E-state index in [9.17, 15) is 14.7 Å². The van der Waals surface area contributed by atoms with Gasteiger partial charge >= 0.3 is 12.0 Å². The second-order valence-electron chi connectivity index (χ2n) is 6.36. The highest BCUT2D eigenvalue weighted by Crippen LogP contribution is 2.40. The van der Waals surface area contributed by atoms with Gasteiger partial charge in [0, 0.05) is 12.0 Å². The van der Waals surface area contributed by atoms with E-state index in [1.165, 1.54) is 0 Å². The first-order valence-electron chi connectivity index (χ1n) is 8.03. The van der Waals surface area contributed by atoms with Gasteiger partial charge in [-0.1, -0.05) is 18.2 Å². The lowest BCUT2D eigenvalue weighted by Crippen LogP contribution is -2.47. The van der Waals surface area contributed by atoms with Gasteiger partial charge in [0.2, 0.25) is 0 Å². The Balaban J connectivity index is 1.75. The van der Waals surface area contributed by atoms with Crippen LogP contribution in [0, 0.1) is 0 Å². The second kappa shape index (κ2) is 6.56. The molecule has 1 aromatic carbocycles. The summed E-state index contributed by atoms with van der Waals surface area (Å²) in [6.07, 6.45) is 2.16. The Bertz CT molecular complexity index is 781. The molecule has 3 rings (SSSR count). The van der Waals surface area contributed by atoms with Crippen molar-refractivity contribution in [3.8, 4) is 5.69 Å². The van der Waals surface area contributed by atoms with Crippen LogP contribution in [0.1, 0.15) is 31.4 Å². The lowest BCUT2D eigenvalue weighted by atomic mass is 10.1. The smallest absolute Gasteiger partial charge is 0.337 e. The maximum atomic E-state index is 12.1. The number of para-hydroxylation sites is 1. The quantitative estimate of drug-likeness (QED) is 0.636. The van der Waals surface area contributed by atoms with E-state index in [-0.39, 0.29) is 0 Å². The van der Waals surface area contributed by atoms with Crippen molar-refractivity contribution in [2.24, 2.45) is 0 Å². The van der Waals surface area contributed by atoms with Gasteiger partial charge in [0.25, 0.3) is 0 Å². The Morgan fingerprint density at radius 1 is 1.32 bits per heavy atom. The molecule has 4 N–H and O–H groups in total. The summed E-state index contributed by atoms with van der Waals surface area (Å²) in [6.45, 7) is 0.707. The number of carbonyl (C=O) groups is 2. The number of rotatable bonds is 6. The van der Waals surface area contributed by atoms with Crippen molar-refractivity contribution in [1.82, 2.24) is 15.1 Å². The monoisotopic (exact) mass is 344 g/mol. The summed E-state index contributed by atoms with van der Waals surface area (Å²) in [5.74, 6) is -0.500. The molecule has 132 valence electrons. The minimum Gasteiger partial charge on any atom is -0.479 e. The van der Waals surface area contributed by atoms with Crippen LogP contribution in [0.15, 0.2) is 36.4 Å². The van der Waals surface area contributed by atoms with E-state index >= 15 is 0 Å².